The van der Waals surface area contributed by atoms with Crippen molar-refractivity contribution in [1.82, 2.24) is 4.90 Å². The van der Waals surface area contributed by atoms with Crippen molar-refractivity contribution in [3.05, 3.63) is 38.9 Å². The lowest BCUT2D eigenvalue weighted by atomic mass is 10.1. The molecule has 1 N–H and O–H groups in total. The van der Waals surface area contributed by atoms with E-state index in [9.17, 15) is 10.1 Å². The van der Waals surface area contributed by atoms with Crippen molar-refractivity contribution >= 4 is 17.3 Å². The van der Waals surface area contributed by atoms with E-state index in [0.29, 0.717) is 30.3 Å². The van der Waals surface area contributed by atoms with Gasteiger partial charge in [0.1, 0.15) is 0 Å². The standard InChI is InChI=1S/C13H17ClN2O4/c1-9-8-20-12(7-17)6-15(9)5-10-4-11(14)2-3-13(10)16(18)19/h2-4,9,12,17H,5-8H2,1H3. The van der Waals surface area contributed by atoms with Crippen molar-refractivity contribution < 1.29 is 14.8 Å². The molecule has 1 aliphatic heterocycles. The Kier molecular flexibility index (Phi) is 4.93. The van der Waals surface area contributed by atoms with E-state index in [1.54, 1.807) is 6.07 Å². The number of aliphatic hydroxyl groups excluding tert-OH is 1. The fourth-order valence-electron chi connectivity index (χ4n) is 2.28. The van der Waals surface area contributed by atoms with E-state index < -0.39 is 4.92 Å². The highest BCUT2D eigenvalue weighted by Gasteiger charge is 2.27. The van der Waals surface area contributed by atoms with E-state index in [-0.39, 0.29) is 24.4 Å². The minimum absolute atomic E-state index is 0.0547. The van der Waals surface area contributed by atoms with Crippen molar-refractivity contribution in [2.75, 3.05) is 19.8 Å². The van der Waals surface area contributed by atoms with Gasteiger partial charge in [-0.3, -0.25) is 15.0 Å². The molecule has 6 nitrogen and oxygen atoms in total. The molecule has 7 heteroatoms. The first-order valence-corrected chi connectivity index (χ1v) is 6.78. The Hall–Kier alpha value is -1.21. The van der Waals surface area contributed by atoms with Gasteiger partial charge < -0.3 is 9.84 Å². The molecule has 0 spiro atoms. The smallest absolute Gasteiger partial charge is 0.273 e. The first-order chi connectivity index (χ1) is 9.51. The molecule has 1 aromatic rings. The van der Waals surface area contributed by atoms with E-state index in [1.807, 2.05) is 6.92 Å². The van der Waals surface area contributed by atoms with Crippen LogP contribution in [0.15, 0.2) is 18.2 Å². The van der Waals surface area contributed by atoms with Crippen LogP contribution in [0.3, 0.4) is 0 Å². The highest BCUT2D eigenvalue weighted by Crippen LogP contribution is 2.25. The van der Waals surface area contributed by atoms with Crippen molar-refractivity contribution in [1.29, 1.82) is 0 Å². The van der Waals surface area contributed by atoms with Crippen LogP contribution in [0.25, 0.3) is 0 Å². The van der Waals surface area contributed by atoms with Gasteiger partial charge in [-0.25, -0.2) is 0 Å². The lowest BCUT2D eigenvalue weighted by Gasteiger charge is -2.37. The lowest BCUT2D eigenvalue weighted by molar-refractivity contribution is -0.385. The number of ether oxygens (including phenoxy) is 1. The second-order valence-corrected chi connectivity index (χ2v) is 5.38. The van der Waals surface area contributed by atoms with E-state index in [1.165, 1.54) is 12.1 Å². The number of benzene rings is 1. The molecule has 2 atom stereocenters. The number of halogens is 1. The maximum absolute atomic E-state index is 11.1. The Labute approximate surface area is 122 Å². The number of aliphatic hydroxyl groups is 1. The third-order valence-corrected chi connectivity index (χ3v) is 3.69. The minimum Gasteiger partial charge on any atom is -0.394 e. The van der Waals surface area contributed by atoms with E-state index >= 15 is 0 Å². The van der Waals surface area contributed by atoms with Crippen molar-refractivity contribution in [3.8, 4) is 0 Å². The topological polar surface area (TPSA) is 75.8 Å². The Morgan fingerprint density at radius 3 is 3.00 bits per heavy atom. The molecule has 0 radical (unpaired) electrons. The summed E-state index contributed by atoms with van der Waals surface area (Å²) >= 11 is 5.93. The molecule has 1 fully saturated rings. The van der Waals surface area contributed by atoms with Gasteiger partial charge in [-0.2, -0.15) is 0 Å². The number of hydrogen-bond donors (Lipinski definition) is 1. The SMILES string of the molecule is CC1COC(CO)CN1Cc1cc(Cl)ccc1[N+](=O)[O-]. The summed E-state index contributed by atoms with van der Waals surface area (Å²) in [4.78, 5) is 12.7. The molecular formula is C13H17ClN2O4. The first-order valence-electron chi connectivity index (χ1n) is 6.40. The van der Waals surface area contributed by atoms with Crippen molar-refractivity contribution in [2.45, 2.75) is 25.6 Å². The number of nitrogens with zero attached hydrogens (tertiary/aromatic N) is 2. The number of nitro groups is 1. The first kappa shape index (κ1) is 15.2. The molecule has 0 aromatic heterocycles. The number of rotatable bonds is 4. The lowest BCUT2D eigenvalue weighted by Crippen LogP contribution is -2.48. The van der Waals surface area contributed by atoms with Crippen molar-refractivity contribution in [2.24, 2.45) is 0 Å². The molecule has 1 aliphatic rings. The molecule has 0 aliphatic carbocycles. The predicted octanol–water partition coefficient (Wildman–Crippen LogP) is 1.83. The van der Waals surface area contributed by atoms with Crippen molar-refractivity contribution in [3.63, 3.8) is 0 Å². The number of hydrogen-bond acceptors (Lipinski definition) is 5. The highest BCUT2D eigenvalue weighted by molar-refractivity contribution is 6.30. The third-order valence-electron chi connectivity index (χ3n) is 3.45. The van der Waals surface area contributed by atoms with E-state index in [0.717, 1.165) is 0 Å². The van der Waals surface area contributed by atoms with Gasteiger partial charge in [0.15, 0.2) is 0 Å². The Morgan fingerprint density at radius 2 is 2.35 bits per heavy atom. The summed E-state index contributed by atoms with van der Waals surface area (Å²) < 4.78 is 5.46. The van der Waals surface area contributed by atoms with Crippen LogP contribution in [0.1, 0.15) is 12.5 Å². The van der Waals surface area contributed by atoms with Crippen LogP contribution in [0.5, 0.6) is 0 Å². The summed E-state index contributed by atoms with van der Waals surface area (Å²) in [7, 11) is 0. The molecule has 1 saturated heterocycles. The Morgan fingerprint density at radius 1 is 1.60 bits per heavy atom. The maximum atomic E-state index is 11.1. The monoisotopic (exact) mass is 300 g/mol. The molecule has 1 aromatic carbocycles. The van der Waals surface area contributed by atoms with Crippen LogP contribution in [0, 0.1) is 10.1 Å². The van der Waals surface area contributed by atoms with Crippen LogP contribution in [-0.4, -0.2) is 46.8 Å². The molecule has 110 valence electrons. The zero-order valence-electron chi connectivity index (χ0n) is 11.2. The zero-order valence-corrected chi connectivity index (χ0v) is 11.9. The summed E-state index contributed by atoms with van der Waals surface area (Å²) in [5.74, 6) is 0. The molecule has 2 unspecified atom stereocenters. The third kappa shape index (κ3) is 3.46. The molecular weight excluding hydrogens is 284 g/mol. The van der Waals surface area contributed by atoms with Crippen LogP contribution in [0.2, 0.25) is 5.02 Å². The largest absolute Gasteiger partial charge is 0.394 e. The minimum atomic E-state index is -0.402. The average molecular weight is 301 g/mol. The number of morpholine rings is 1. The summed E-state index contributed by atoms with van der Waals surface area (Å²) in [6, 6.07) is 4.70. The second-order valence-electron chi connectivity index (χ2n) is 4.95. The van der Waals surface area contributed by atoms with Crippen LogP contribution in [-0.2, 0) is 11.3 Å². The number of nitro benzene ring substituents is 1. The molecule has 0 amide bonds. The van der Waals surface area contributed by atoms with E-state index in [4.69, 9.17) is 21.4 Å². The van der Waals surface area contributed by atoms with Gasteiger partial charge >= 0.3 is 0 Å². The summed E-state index contributed by atoms with van der Waals surface area (Å²) in [5.41, 5.74) is 0.640. The van der Waals surface area contributed by atoms with Gasteiger partial charge in [-0.15, -0.1) is 0 Å². The molecule has 1 heterocycles. The van der Waals surface area contributed by atoms with Gasteiger partial charge in [0, 0.05) is 35.8 Å². The second kappa shape index (κ2) is 6.49. The summed E-state index contributed by atoms with van der Waals surface area (Å²) in [5, 5.41) is 20.7. The van der Waals surface area contributed by atoms with E-state index in [2.05, 4.69) is 4.90 Å². The van der Waals surface area contributed by atoms with Crippen LogP contribution in [0.4, 0.5) is 5.69 Å². The van der Waals surface area contributed by atoms with Gasteiger partial charge in [-0.1, -0.05) is 11.6 Å². The molecule has 20 heavy (non-hydrogen) atoms. The average Bonchev–Trinajstić information content (AvgIpc) is 2.41. The fraction of sp³-hybridized carbons (Fsp3) is 0.538. The Balaban J connectivity index is 2.19. The van der Waals surface area contributed by atoms with Gasteiger partial charge in [0.25, 0.3) is 5.69 Å². The fourth-order valence-corrected chi connectivity index (χ4v) is 2.48. The Bertz CT molecular complexity index is 497. The summed E-state index contributed by atoms with van der Waals surface area (Å²) in [6.45, 7) is 3.39. The normalized spacial score (nSPS) is 23.8. The summed E-state index contributed by atoms with van der Waals surface area (Å²) in [6.07, 6.45) is -0.246. The molecule has 0 bridgehead atoms. The quantitative estimate of drug-likeness (QED) is 0.678. The van der Waals surface area contributed by atoms with Crippen LogP contribution < -0.4 is 0 Å². The zero-order chi connectivity index (χ0) is 14.7. The van der Waals surface area contributed by atoms with Gasteiger partial charge in [0.05, 0.1) is 24.2 Å². The highest BCUT2D eigenvalue weighted by atomic mass is 35.5. The molecule has 0 saturated carbocycles. The van der Waals surface area contributed by atoms with Crippen LogP contribution >= 0.6 is 11.6 Å². The van der Waals surface area contributed by atoms with Gasteiger partial charge in [-0.05, 0) is 19.1 Å². The maximum Gasteiger partial charge on any atom is 0.273 e. The predicted molar refractivity (Wildman–Crippen MR) is 74.8 cm³/mol. The molecule has 2 rings (SSSR count). The van der Waals surface area contributed by atoms with Gasteiger partial charge in [0.2, 0.25) is 0 Å².